The van der Waals surface area contributed by atoms with Crippen molar-refractivity contribution < 1.29 is 13.2 Å². The lowest BCUT2D eigenvalue weighted by atomic mass is 9.83. The first-order valence-electron chi connectivity index (χ1n) is 19.6. The topological polar surface area (TPSA) is 17.8 Å². The van der Waals surface area contributed by atoms with Gasteiger partial charge in [-0.2, -0.15) is 13.2 Å². The zero-order valence-electron chi connectivity index (χ0n) is 31.6. The Hall–Kier alpha value is -7.50. The van der Waals surface area contributed by atoms with Gasteiger partial charge in [-0.25, -0.2) is 0 Å². The van der Waals surface area contributed by atoms with Gasteiger partial charge < -0.3 is 4.57 Å². The molecule has 0 aliphatic heterocycles. The van der Waals surface area contributed by atoms with Crippen LogP contribution >= 0.6 is 0 Å². The third kappa shape index (κ3) is 5.69. The Labute approximate surface area is 338 Å². The normalized spacial score (nSPS) is 12.0. The molecule has 0 spiro atoms. The molecule has 280 valence electrons. The SMILES string of the molecule is FC(F)(F)c1cccc(-n2c3ccc(-c4ccc(-c5c6ccccc6c(-c6cccc(-c7ccccc7)c6)c6ccccc56)c5ccccc45)cc3c3ncccc32)c1. The van der Waals surface area contributed by atoms with Crippen LogP contribution in [0.2, 0.25) is 0 Å². The minimum absolute atomic E-state index is 0.435. The summed E-state index contributed by atoms with van der Waals surface area (Å²) in [7, 11) is 0. The highest BCUT2D eigenvalue weighted by molar-refractivity contribution is 6.24. The lowest BCUT2D eigenvalue weighted by Gasteiger charge is -2.20. The van der Waals surface area contributed by atoms with Crippen LogP contribution in [-0.4, -0.2) is 9.55 Å². The number of fused-ring (bicyclic) bond motifs is 6. The molecule has 0 amide bonds. The van der Waals surface area contributed by atoms with E-state index in [9.17, 15) is 13.2 Å². The average molecular weight is 767 g/mol. The summed E-state index contributed by atoms with van der Waals surface area (Å²) in [5.41, 5.74) is 11.1. The van der Waals surface area contributed by atoms with Crippen molar-refractivity contribution in [2.24, 2.45) is 0 Å². The van der Waals surface area contributed by atoms with Gasteiger partial charge in [-0.3, -0.25) is 4.98 Å². The first-order chi connectivity index (χ1) is 28.9. The number of rotatable bonds is 5. The molecule has 5 heteroatoms. The largest absolute Gasteiger partial charge is 0.416 e. The first kappa shape index (κ1) is 34.7. The highest BCUT2D eigenvalue weighted by Gasteiger charge is 2.31. The van der Waals surface area contributed by atoms with E-state index < -0.39 is 11.7 Å². The second kappa shape index (κ2) is 13.6. The molecule has 0 unspecified atom stereocenters. The Morgan fingerprint density at radius 1 is 0.373 bits per heavy atom. The smallest absolute Gasteiger partial charge is 0.308 e. The lowest BCUT2D eigenvalue weighted by molar-refractivity contribution is -0.137. The van der Waals surface area contributed by atoms with Gasteiger partial charge in [0.2, 0.25) is 0 Å². The highest BCUT2D eigenvalue weighted by Crippen LogP contribution is 2.47. The maximum atomic E-state index is 13.8. The van der Waals surface area contributed by atoms with Crippen molar-refractivity contribution in [3.8, 4) is 50.2 Å². The molecule has 0 saturated heterocycles. The van der Waals surface area contributed by atoms with E-state index in [1.807, 2.05) is 28.8 Å². The van der Waals surface area contributed by atoms with E-state index >= 15 is 0 Å². The highest BCUT2D eigenvalue weighted by atomic mass is 19.4. The standard InChI is InChI=1S/C54H33F3N2/c55-54(56,57)38-17-11-18-39(33-38)59-49-29-26-36(32-48(49)53-50(59)25-12-30-58-53)40-27-28-47(42-20-5-4-19-41(40)42)52-45-23-8-6-21-43(45)51(44-22-7-9-24-46(44)52)37-16-10-15-35(31-37)34-13-2-1-3-14-34/h1-33H. The van der Waals surface area contributed by atoms with Crippen LogP contribution in [0.25, 0.3) is 104 Å². The predicted molar refractivity (Wildman–Crippen MR) is 238 cm³/mol. The number of hydrogen-bond donors (Lipinski definition) is 0. The Balaban J connectivity index is 1.11. The number of hydrogen-bond acceptors (Lipinski definition) is 1. The Morgan fingerprint density at radius 3 is 1.68 bits per heavy atom. The molecule has 2 aromatic heterocycles. The van der Waals surface area contributed by atoms with Crippen LogP contribution in [-0.2, 0) is 6.18 Å². The number of benzene rings is 9. The second-order valence-electron chi connectivity index (χ2n) is 15.0. The summed E-state index contributed by atoms with van der Waals surface area (Å²) in [6, 6.07) is 65.2. The molecule has 9 aromatic carbocycles. The molecule has 11 rings (SSSR count). The van der Waals surface area contributed by atoms with Crippen molar-refractivity contribution >= 4 is 54.3 Å². The van der Waals surface area contributed by atoms with Gasteiger partial charge in [-0.1, -0.05) is 146 Å². The minimum atomic E-state index is -4.46. The molecule has 2 heterocycles. The van der Waals surface area contributed by atoms with E-state index in [4.69, 9.17) is 4.98 Å². The summed E-state index contributed by atoms with van der Waals surface area (Å²) in [6.07, 6.45) is -2.72. The van der Waals surface area contributed by atoms with Crippen LogP contribution in [0.15, 0.2) is 200 Å². The molecule has 0 N–H and O–H groups in total. The predicted octanol–water partition coefficient (Wildman–Crippen LogP) is 15.3. The molecule has 0 bridgehead atoms. The van der Waals surface area contributed by atoms with E-state index in [0.717, 1.165) is 55.5 Å². The van der Waals surface area contributed by atoms with E-state index in [2.05, 4.69) is 146 Å². The maximum absolute atomic E-state index is 13.8. The van der Waals surface area contributed by atoms with E-state index in [-0.39, 0.29) is 0 Å². The van der Waals surface area contributed by atoms with Crippen molar-refractivity contribution in [3.63, 3.8) is 0 Å². The van der Waals surface area contributed by atoms with Crippen LogP contribution in [0.3, 0.4) is 0 Å². The zero-order chi connectivity index (χ0) is 39.7. The summed E-state index contributed by atoms with van der Waals surface area (Å²) < 4.78 is 43.4. The molecule has 11 aromatic rings. The summed E-state index contributed by atoms with van der Waals surface area (Å²) in [5, 5.41) is 7.84. The van der Waals surface area contributed by atoms with Crippen molar-refractivity contribution in [2.75, 3.05) is 0 Å². The molecular weight excluding hydrogens is 734 g/mol. The number of pyridine rings is 1. The molecule has 59 heavy (non-hydrogen) atoms. The summed E-state index contributed by atoms with van der Waals surface area (Å²) in [6.45, 7) is 0. The summed E-state index contributed by atoms with van der Waals surface area (Å²) in [5.74, 6) is 0. The number of aromatic nitrogens is 2. The molecule has 0 radical (unpaired) electrons. The summed E-state index contributed by atoms with van der Waals surface area (Å²) >= 11 is 0. The fourth-order valence-corrected chi connectivity index (χ4v) is 9.09. The number of alkyl halides is 3. The van der Waals surface area contributed by atoms with Crippen LogP contribution < -0.4 is 0 Å². The van der Waals surface area contributed by atoms with Gasteiger partial charge in [0, 0.05) is 17.3 Å². The molecule has 0 atom stereocenters. The van der Waals surface area contributed by atoms with Gasteiger partial charge >= 0.3 is 6.18 Å². The van der Waals surface area contributed by atoms with E-state index in [1.54, 1.807) is 12.3 Å². The average Bonchev–Trinajstić information content (AvgIpc) is 3.62. The van der Waals surface area contributed by atoms with E-state index in [0.29, 0.717) is 5.69 Å². The number of halogens is 3. The molecule has 2 nitrogen and oxygen atoms in total. The van der Waals surface area contributed by atoms with Crippen molar-refractivity contribution in [1.82, 2.24) is 9.55 Å². The Kier molecular flexibility index (Phi) is 7.99. The monoisotopic (exact) mass is 766 g/mol. The van der Waals surface area contributed by atoms with Crippen molar-refractivity contribution in [2.45, 2.75) is 6.18 Å². The Morgan fingerprint density at radius 2 is 0.966 bits per heavy atom. The Bertz CT molecular complexity index is 3380. The second-order valence-corrected chi connectivity index (χ2v) is 15.0. The van der Waals surface area contributed by atoms with Gasteiger partial charge in [0.05, 0.1) is 22.1 Å². The third-order valence-electron chi connectivity index (χ3n) is 11.6. The van der Waals surface area contributed by atoms with Gasteiger partial charge in [0.1, 0.15) is 0 Å². The first-order valence-corrected chi connectivity index (χ1v) is 19.6. The van der Waals surface area contributed by atoms with Gasteiger partial charge in [-0.15, -0.1) is 0 Å². The van der Waals surface area contributed by atoms with Crippen LogP contribution in [0.1, 0.15) is 5.56 Å². The van der Waals surface area contributed by atoms with E-state index in [1.165, 1.54) is 61.5 Å². The van der Waals surface area contributed by atoms with Gasteiger partial charge in [0.15, 0.2) is 0 Å². The van der Waals surface area contributed by atoms with Gasteiger partial charge in [0.25, 0.3) is 0 Å². The van der Waals surface area contributed by atoms with Gasteiger partial charge in [-0.05, 0) is 125 Å². The summed E-state index contributed by atoms with van der Waals surface area (Å²) in [4.78, 5) is 4.74. The molecule has 0 saturated carbocycles. The maximum Gasteiger partial charge on any atom is 0.416 e. The van der Waals surface area contributed by atoms with Crippen LogP contribution in [0.5, 0.6) is 0 Å². The minimum Gasteiger partial charge on any atom is -0.308 e. The molecule has 0 aliphatic rings. The molecule has 0 fully saturated rings. The number of nitrogens with zero attached hydrogens (tertiary/aromatic N) is 2. The quantitative estimate of drug-likeness (QED) is 0.160. The molecular formula is C54H33F3N2. The van der Waals surface area contributed by atoms with Crippen LogP contribution in [0.4, 0.5) is 13.2 Å². The van der Waals surface area contributed by atoms with Crippen molar-refractivity contribution in [3.05, 3.63) is 206 Å². The fourth-order valence-electron chi connectivity index (χ4n) is 9.09. The van der Waals surface area contributed by atoms with Crippen molar-refractivity contribution in [1.29, 1.82) is 0 Å². The zero-order valence-corrected chi connectivity index (χ0v) is 31.6. The lowest BCUT2D eigenvalue weighted by Crippen LogP contribution is -2.06. The molecule has 0 aliphatic carbocycles. The fraction of sp³-hybridized carbons (Fsp3) is 0.0185. The third-order valence-corrected chi connectivity index (χ3v) is 11.6. The van der Waals surface area contributed by atoms with Crippen LogP contribution in [0, 0.1) is 0 Å².